The predicted molar refractivity (Wildman–Crippen MR) is 123 cm³/mol. The predicted octanol–water partition coefficient (Wildman–Crippen LogP) is 7.12. The normalized spacial score (nSPS) is 15.6. The van der Waals surface area contributed by atoms with E-state index in [2.05, 4.69) is 74.1 Å². The SMILES string of the molecule is CCc1c2c(c(C)c3ccccc13)-c1c3c(cc(C4CCCC4)cc3cc[n+]1C)O2. The first kappa shape index (κ1) is 17.9. The Balaban J connectivity index is 1.73. The van der Waals surface area contributed by atoms with E-state index in [1.807, 2.05) is 0 Å². The van der Waals surface area contributed by atoms with Gasteiger partial charge in [0.1, 0.15) is 18.5 Å². The van der Waals surface area contributed by atoms with Crippen LogP contribution < -0.4 is 9.30 Å². The molecule has 6 rings (SSSR count). The van der Waals surface area contributed by atoms with E-state index in [0.29, 0.717) is 5.92 Å². The molecule has 2 aliphatic rings. The van der Waals surface area contributed by atoms with Gasteiger partial charge in [0.2, 0.25) is 5.69 Å². The van der Waals surface area contributed by atoms with Gasteiger partial charge >= 0.3 is 0 Å². The maximum Gasteiger partial charge on any atom is 0.228 e. The van der Waals surface area contributed by atoms with Crippen LogP contribution in [-0.4, -0.2) is 0 Å². The highest BCUT2D eigenvalue weighted by Gasteiger charge is 2.33. The van der Waals surface area contributed by atoms with Gasteiger partial charge in [0.05, 0.1) is 10.9 Å². The summed E-state index contributed by atoms with van der Waals surface area (Å²) in [7, 11) is 2.17. The fourth-order valence-corrected chi connectivity index (χ4v) is 5.87. The number of hydrogen-bond acceptors (Lipinski definition) is 1. The lowest BCUT2D eigenvalue weighted by atomic mass is 9.87. The average Bonchev–Trinajstić information content (AvgIpc) is 3.31. The van der Waals surface area contributed by atoms with Crippen molar-refractivity contribution in [3.8, 4) is 22.8 Å². The molecule has 30 heavy (non-hydrogen) atoms. The molecule has 0 amide bonds. The van der Waals surface area contributed by atoms with Crippen LogP contribution in [0.3, 0.4) is 0 Å². The molecule has 0 spiro atoms. The smallest absolute Gasteiger partial charge is 0.228 e. The zero-order valence-electron chi connectivity index (χ0n) is 18.1. The molecule has 1 fully saturated rings. The third-order valence-electron chi connectivity index (χ3n) is 7.38. The molecule has 1 aliphatic carbocycles. The van der Waals surface area contributed by atoms with Crippen molar-refractivity contribution in [3.63, 3.8) is 0 Å². The van der Waals surface area contributed by atoms with Gasteiger partial charge in [0, 0.05) is 11.6 Å². The monoisotopic (exact) mass is 394 g/mol. The van der Waals surface area contributed by atoms with E-state index in [9.17, 15) is 0 Å². The van der Waals surface area contributed by atoms with Gasteiger partial charge in [-0.25, -0.2) is 4.57 Å². The topological polar surface area (TPSA) is 13.1 Å². The third kappa shape index (κ3) is 2.40. The first-order chi connectivity index (χ1) is 14.7. The van der Waals surface area contributed by atoms with Crippen molar-refractivity contribution in [2.24, 2.45) is 7.05 Å². The second-order valence-corrected chi connectivity index (χ2v) is 9.05. The summed E-state index contributed by atoms with van der Waals surface area (Å²) in [4.78, 5) is 0. The molecule has 2 nitrogen and oxygen atoms in total. The molecule has 2 heteroatoms. The Kier molecular flexibility index (Phi) is 3.93. The molecule has 0 atom stereocenters. The largest absolute Gasteiger partial charge is 0.455 e. The lowest BCUT2D eigenvalue weighted by Crippen LogP contribution is -2.32. The molecule has 0 saturated heterocycles. The Bertz CT molecular complexity index is 1330. The van der Waals surface area contributed by atoms with Crippen LogP contribution in [0.4, 0.5) is 0 Å². The summed E-state index contributed by atoms with van der Waals surface area (Å²) >= 11 is 0. The van der Waals surface area contributed by atoms with Gasteiger partial charge in [-0.1, -0.05) is 50.1 Å². The number of fused-ring (bicyclic) bond motifs is 3. The Labute approximate surface area is 178 Å². The molecular weight excluding hydrogens is 366 g/mol. The number of aromatic nitrogens is 1. The molecule has 150 valence electrons. The zero-order valence-corrected chi connectivity index (χ0v) is 18.1. The van der Waals surface area contributed by atoms with Gasteiger partial charge in [-0.3, -0.25) is 0 Å². The molecule has 0 bridgehead atoms. The van der Waals surface area contributed by atoms with Gasteiger partial charge in [0.25, 0.3) is 0 Å². The molecule has 0 N–H and O–H groups in total. The van der Waals surface area contributed by atoms with E-state index in [4.69, 9.17) is 4.74 Å². The van der Waals surface area contributed by atoms with Gasteiger partial charge < -0.3 is 4.74 Å². The zero-order chi connectivity index (χ0) is 20.4. The summed E-state index contributed by atoms with van der Waals surface area (Å²) in [6.45, 7) is 4.49. The lowest BCUT2D eigenvalue weighted by molar-refractivity contribution is -0.659. The molecular formula is C28H28NO+. The van der Waals surface area contributed by atoms with Crippen LogP contribution in [0.5, 0.6) is 11.5 Å². The molecule has 3 aromatic carbocycles. The summed E-state index contributed by atoms with van der Waals surface area (Å²) < 4.78 is 9.08. The van der Waals surface area contributed by atoms with Crippen LogP contribution in [0.25, 0.3) is 32.8 Å². The van der Waals surface area contributed by atoms with Crippen LogP contribution in [0.1, 0.15) is 55.2 Å². The van der Waals surface area contributed by atoms with Crippen molar-refractivity contribution in [3.05, 3.63) is 65.4 Å². The minimum absolute atomic E-state index is 0.678. The van der Waals surface area contributed by atoms with Crippen LogP contribution in [-0.2, 0) is 13.5 Å². The number of pyridine rings is 1. The van der Waals surface area contributed by atoms with Crippen molar-refractivity contribution in [1.29, 1.82) is 0 Å². The lowest BCUT2D eigenvalue weighted by Gasteiger charge is -2.25. The number of hydrogen-bond donors (Lipinski definition) is 0. The van der Waals surface area contributed by atoms with E-state index in [1.54, 1.807) is 0 Å². The maximum absolute atomic E-state index is 6.80. The highest BCUT2D eigenvalue weighted by Crippen LogP contribution is 2.51. The minimum Gasteiger partial charge on any atom is -0.455 e. The van der Waals surface area contributed by atoms with Crippen LogP contribution >= 0.6 is 0 Å². The van der Waals surface area contributed by atoms with Gasteiger partial charge in [-0.15, -0.1) is 0 Å². The summed E-state index contributed by atoms with van der Waals surface area (Å²) in [6, 6.07) is 15.8. The van der Waals surface area contributed by atoms with Crippen LogP contribution in [0.2, 0.25) is 0 Å². The number of rotatable bonds is 2. The standard InChI is InChI=1S/C28H28NO/c1-4-21-23-12-8-7-11-22(23)17(2)25-27-26-19(13-14-29(27)3)15-20(18-9-5-6-10-18)16-24(26)30-28(21)25/h7-8,11-16,18H,4-6,9-10H2,1-3H3/q+1. The first-order valence-electron chi connectivity index (χ1n) is 11.4. The van der Waals surface area contributed by atoms with Crippen molar-refractivity contribution in [1.82, 2.24) is 0 Å². The van der Waals surface area contributed by atoms with E-state index in [1.165, 1.54) is 75.2 Å². The van der Waals surface area contributed by atoms with Crippen molar-refractivity contribution in [2.45, 2.75) is 51.9 Å². The minimum atomic E-state index is 0.678. The first-order valence-corrected chi connectivity index (χ1v) is 11.4. The Morgan fingerprint density at radius 3 is 2.57 bits per heavy atom. The average molecular weight is 395 g/mol. The Morgan fingerprint density at radius 2 is 1.80 bits per heavy atom. The van der Waals surface area contributed by atoms with Crippen LogP contribution in [0, 0.1) is 6.92 Å². The van der Waals surface area contributed by atoms with Gasteiger partial charge in [-0.05, 0) is 65.5 Å². The summed E-state index contributed by atoms with van der Waals surface area (Å²) in [5.74, 6) is 2.78. The summed E-state index contributed by atoms with van der Waals surface area (Å²) in [6.07, 6.45) is 8.48. The summed E-state index contributed by atoms with van der Waals surface area (Å²) in [5.41, 5.74) is 6.64. The molecule has 1 aromatic heterocycles. The Morgan fingerprint density at radius 1 is 1.03 bits per heavy atom. The molecule has 0 radical (unpaired) electrons. The highest BCUT2D eigenvalue weighted by atomic mass is 16.5. The fraction of sp³-hybridized carbons (Fsp3) is 0.321. The molecule has 2 heterocycles. The molecule has 4 aromatic rings. The third-order valence-corrected chi connectivity index (χ3v) is 7.38. The second kappa shape index (κ2) is 6.57. The Hall–Kier alpha value is -2.87. The number of aryl methyl sites for hydroxylation is 3. The number of benzene rings is 3. The van der Waals surface area contributed by atoms with Crippen molar-refractivity contribution >= 4 is 21.5 Å². The van der Waals surface area contributed by atoms with E-state index in [0.717, 1.165) is 17.9 Å². The number of nitrogens with zero attached hydrogens (tertiary/aromatic N) is 1. The molecule has 1 aliphatic heterocycles. The van der Waals surface area contributed by atoms with Crippen molar-refractivity contribution in [2.75, 3.05) is 0 Å². The maximum atomic E-state index is 6.80. The van der Waals surface area contributed by atoms with Crippen LogP contribution in [0.15, 0.2) is 48.7 Å². The van der Waals surface area contributed by atoms with Gasteiger partial charge in [-0.2, -0.15) is 0 Å². The quantitative estimate of drug-likeness (QED) is 0.291. The van der Waals surface area contributed by atoms with Gasteiger partial charge in [0.15, 0.2) is 6.20 Å². The highest BCUT2D eigenvalue weighted by molar-refractivity contribution is 6.06. The van der Waals surface area contributed by atoms with E-state index < -0.39 is 0 Å². The van der Waals surface area contributed by atoms with E-state index >= 15 is 0 Å². The fourth-order valence-electron chi connectivity index (χ4n) is 5.87. The van der Waals surface area contributed by atoms with Crippen molar-refractivity contribution < 1.29 is 9.30 Å². The molecule has 1 saturated carbocycles. The molecule has 0 unspecified atom stereocenters. The second-order valence-electron chi connectivity index (χ2n) is 9.05. The van der Waals surface area contributed by atoms with E-state index in [-0.39, 0.29) is 0 Å². The number of ether oxygens (including phenoxy) is 1. The summed E-state index contributed by atoms with van der Waals surface area (Å²) in [5, 5.41) is 5.22.